The van der Waals surface area contributed by atoms with Gasteiger partial charge < -0.3 is 20.3 Å². The number of para-hydroxylation sites is 1. The predicted molar refractivity (Wildman–Crippen MR) is 111 cm³/mol. The zero-order chi connectivity index (χ0) is 21.3. The second-order valence-electron chi connectivity index (χ2n) is 7.09. The Hall–Kier alpha value is -3.11. The normalized spacial score (nSPS) is 19.4. The van der Waals surface area contributed by atoms with E-state index >= 15 is 0 Å². The molecule has 30 heavy (non-hydrogen) atoms. The second-order valence-corrected chi connectivity index (χ2v) is 9.03. The third-order valence-corrected chi connectivity index (χ3v) is 6.97. The summed E-state index contributed by atoms with van der Waals surface area (Å²) < 4.78 is 32.9. The van der Waals surface area contributed by atoms with Crippen LogP contribution in [0.4, 0.5) is 16.2 Å². The topological polar surface area (TPSA) is 108 Å². The van der Waals surface area contributed by atoms with Gasteiger partial charge in [0.1, 0.15) is 5.75 Å². The van der Waals surface area contributed by atoms with E-state index in [1.54, 1.807) is 30.0 Å². The molecule has 0 radical (unpaired) electrons. The molecule has 2 heterocycles. The zero-order valence-electron chi connectivity index (χ0n) is 16.4. The molecule has 0 aliphatic carbocycles. The summed E-state index contributed by atoms with van der Waals surface area (Å²) >= 11 is 0. The van der Waals surface area contributed by atoms with Crippen molar-refractivity contribution in [2.75, 3.05) is 36.8 Å². The first kappa shape index (κ1) is 20.2. The van der Waals surface area contributed by atoms with Crippen LogP contribution < -0.4 is 15.4 Å². The number of ether oxygens (including phenoxy) is 1. The monoisotopic (exact) mass is 430 g/mol. The quantitative estimate of drug-likeness (QED) is 0.774. The highest BCUT2D eigenvalue weighted by atomic mass is 32.2. The molecule has 2 aliphatic rings. The van der Waals surface area contributed by atoms with Gasteiger partial charge in [0.2, 0.25) is 10.0 Å². The maximum atomic E-state index is 13.0. The minimum absolute atomic E-state index is 0.0712. The Morgan fingerprint density at radius 1 is 1.10 bits per heavy atom. The van der Waals surface area contributed by atoms with Crippen molar-refractivity contribution in [1.29, 1.82) is 0 Å². The van der Waals surface area contributed by atoms with Gasteiger partial charge in [0.05, 0.1) is 10.6 Å². The smallest absolute Gasteiger partial charge is 0.321 e. The summed E-state index contributed by atoms with van der Waals surface area (Å²) in [5.74, 6) is 0.110. The van der Waals surface area contributed by atoms with Gasteiger partial charge in [-0.3, -0.25) is 4.79 Å². The Labute approximate surface area is 174 Å². The second kappa shape index (κ2) is 7.96. The van der Waals surface area contributed by atoms with Crippen LogP contribution >= 0.6 is 0 Å². The van der Waals surface area contributed by atoms with Gasteiger partial charge in [-0.15, -0.1) is 0 Å². The van der Waals surface area contributed by atoms with E-state index in [1.165, 1.54) is 16.4 Å². The summed E-state index contributed by atoms with van der Waals surface area (Å²) in [7, 11) is -3.77. The van der Waals surface area contributed by atoms with Crippen molar-refractivity contribution in [1.82, 2.24) is 9.21 Å². The van der Waals surface area contributed by atoms with Crippen molar-refractivity contribution in [3.8, 4) is 5.75 Å². The molecule has 4 rings (SSSR count). The standard InChI is InChI=1S/C20H22N4O5S/c1-14-19(25)22-17-13-16(7-8-18(17)29-14)30(27,28)24-11-9-23(10-12-24)20(26)21-15-5-3-2-4-6-15/h2-8,13-14H,9-12H2,1H3,(H,21,26)(H,22,25)/t14-/m0/s1. The third kappa shape index (κ3) is 3.96. The van der Waals surface area contributed by atoms with Crippen molar-refractivity contribution >= 4 is 33.3 Å². The van der Waals surface area contributed by atoms with Crippen LogP contribution in [0.5, 0.6) is 5.75 Å². The van der Waals surface area contributed by atoms with Crippen LogP contribution in [0.25, 0.3) is 0 Å². The number of piperazine rings is 1. The minimum atomic E-state index is -3.77. The first-order valence-corrected chi connectivity index (χ1v) is 11.0. The number of fused-ring (bicyclic) bond motifs is 1. The number of nitrogens with one attached hydrogen (secondary N) is 2. The molecule has 2 aliphatic heterocycles. The summed E-state index contributed by atoms with van der Waals surface area (Å²) in [6.45, 7) is 2.54. The molecule has 1 atom stereocenters. The van der Waals surface area contributed by atoms with E-state index < -0.39 is 16.1 Å². The van der Waals surface area contributed by atoms with Gasteiger partial charge in [0.15, 0.2) is 6.10 Å². The third-order valence-electron chi connectivity index (χ3n) is 5.07. The molecule has 2 aromatic rings. The van der Waals surface area contributed by atoms with E-state index in [2.05, 4.69) is 10.6 Å². The molecule has 2 N–H and O–H groups in total. The fraction of sp³-hybridized carbons (Fsp3) is 0.300. The van der Waals surface area contributed by atoms with E-state index in [4.69, 9.17) is 4.74 Å². The Morgan fingerprint density at radius 3 is 2.50 bits per heavy atom. The number of hydrogen-bond donors (Lipinski definition) is 2. The minimum Gasteiger partial charge on any atom is -0.479 e. The molecule has 9 nitrogen and oxygen atoms in total. The van der Waals surface area contributed by atoms with Crippen LogP contribution in [-0.4, -0.2) is 61.8 Å². The van der Waals surface area contributed by atoms with Crippen LogP contribution in [-0.2, 0) is 14.8 Å². The van der Waals surface area contributed by atoms with Gasteiger partial charge in [-0.05, 0) is 37.3 Å². The lowest BCUT2D eigenvalue weighted by Gasteiger charge is -2.34. The maximum Gasteiger partial charge on any atom is 0.321 e. The summed E-state index contributed by atoms with van der Waals surface area (Å²) in [5, 5.41) is 5.47. The SMILES string of the molecule is C[C@@H]1Oc2ccc(S(=O)(=O)N3CCN(C(=O)Nc4ccccc4)CC3)cc2NC1=O. The fourth-order valence-corrected chi connectivity index (χ4v) is 4.80. The summed E-state index contributed by atoms with van der Waals surface area (Å²) in [6, 6.07) is 13.2. The highest BCUT2D eigenvalue weighted by molar-refractivity contribution is 7.89. The predicted octanol–water partition coefficient (Wildman–Crippen LogP) is 1.94. The van der Waals surface area contributed by atoms with E-state index in [-0.39, 0.29) is 43.0 Å². The van der Waals surface area contributed by atoms with Gasteiger partial charge in [0.25, 0.3) is 5.91 Å². The summed E-state index contributed by atoms with van der Waals surface area (Å²) in [6.07, 6.45) is -0.630. The molecule has 1 saturated heterocycles. The Bertz CT molecular complexity index is 1070. The molecular weight excluding hydrogens is 408 g/mol. The number of benzene rings is 2. The number of anilines is 2. The molecule has 1 fully saturated rings. The summed E-state index contributed by atoms with van der Waals surface area (Å²) in [5.41, 5.74) is 1.02. The van der Waals surface area contributed by atoms with Crippen molar-refractivity contribution in [2.45, 2.75) is 17.9 Å². The molecule has 0 saturated carbocycles. The van der Waals surface area contributed by atoms with Gasteiger partial charge in [-0.25, -0.2) is 13.2 Å². The first-order chi connectivity index (χ1) is 14.3. The zero-order valence-corrected chi connectivity index (χ0v) is 17.2. The molecule has 0 unspecified atom stereocenters. The lowest BCUT2D eigenvalue weighted by atomic mass is 10.2. The molecule has 0 spiro atoms. The molecular formula is C20H22N4O5S. The van der Waals surface area contributed by atoms with Gasteiger partial charge in [-0.1, -0.05) is 18.2 Å². The van der Waals surface area contributed by atoms with Crippen molar-refractivity contribution < 1.29 is 22.7 Å². The molecule has 10 heteroatoms. The van der Waals surface area contributed by atoms with Crippen LogP contribution in [0, 0.1) is 0 Å². The van der Waals surface area contributed by atoms with E-state index in [9.17, 15) is 18.0 Å². The summed E-state index contributed by atoms with van der Waals surface area (Å²) in [4.78, 5) is 25.9. The van der Waals surface area contributed by atoms with Gasteiger partial charge in [0, 0.05) is 31.9 Å². The highest BCUT2D eigenvalue weighted by Gasteiger charge is 2.32. The van der Waals surface area contributed by atoms with Crippen LogP contribution in [0.3, 0.4) is 0 Å². The molecule has 3 amide bonds. The van der Waals surface area contributed by atoms with Crippen LogP contribution in [0.15, 0.2) is 53.4 Å². The van der Waals surface area contributed by atoms with Crippen LogP contribution in [0.1, 0.15) is 6.92 Å². The molecule has 2 aromatic carbocycles. The van der Waals surface area contributed by atoms with Crippen molar-refractivity contribution in [3.05, 3.63) is 48.5 Å². The highest BCUT2D eigenvalue weighted by Crippen LogP contribution is 2.32. The first-order valence-electron chi connectivity index (χ1n) is 9.57. The number of urea groups is 1. The molecule has 0 aromatic heterocycles. The Morgan fingerprint density at radius 2 is 1.80 bits per heavy atom. The number of nitrogens with zero attached hydrogens (tertiary/aromatic N) is 2. The van der Waals surface area contributed by atoms with Gasteiger partial charge >= 0.3 is 6.03 Å². The maximum absolute atomic E-state index is 13.0. The molecule has 158 valence electrons. The number of carbonyl (C=O) groups is 2. The van der Waals surface area contributed by atoms with Gasteiger partial charge in [-0.2, -0.15) is 4.31 Å². The van der Waals surface area contributed by atoms with Crippen molar-refractivity contribution in [2.24, 2.45) is 0 Å². The number of rotatable bonds is 3. The lowest BCUT2D eigenvalue weighted by Crippen LogP contribution is -2.51. The van der Waals surface area contributed by atoms with Crippen molar-refractivity contribution in [3.63, 3.8) is 0 Å². The average molecular weight is 430 g/mol. The lowest BCUT2D eigenvalue weighted by molar-refractivity contribution is -0.122. The van der Waals surface area contributed by atoms with E-state index in [0.29, 0.717) is 17.1 Å². The average Bonchev–Trinajstić information content (AvgIpc) is 2.75. The number of sulfonamides is 1. The van der Waals surface area contributed by atoms with Crippen LogP contribution in [0.2, 0.25) is 0 Å². The Balaban J connectivity index is 1.42. The fourth-order valence-electron chi connectivity index (χ4n) is 3.35. The molecule has 0 bridgehead atoms. The number of amides is 3. The number of hydrogen-bond acceptors (Lipinski definition) is 5. The van der Waals surface area contributed by atoms with E-state index in [1.807, 2.05) is 18.2 Å². The largest absolute Gasteiger partial charge is 0.479 e. The number of carbonyl (C=O) groups excluding carboxylic acids is 2. The Kier molecular flexibility index (Phi) is 5.35. The van der Waals surface area contributed by atoms with E-state index in [0.717, 1.165) is 0 Å².